The molecule has 0 spiro atoms. The quantitative estimate of drug-likeness (QED) is 0.938. The number of benzene rings is 2. The summed E-state index contributed by atoms with van der Waals surface area (Å²) >= 11 is 0. The van der Waals surface area contributed by atoms with Crippen LogP contribution in [-0.4, -0.2) is 19.6 Å². The van der Waals surface area contributed by atoms with Crippen LogP contribution in [0, 0.1) is 0 Å². The van der Waals surface area contributed by atoms with Gasteiger partial charge in [-0.05, 0) is 36.1 Å². The molecule has 1 aliphatic heterocycles. The Kier molecular flexibility index (Phi) is 4.28. The molecule has 0 radical (unpaired) electrons. The lowest BCUT2D eigenvalue weighted by Crippen LogP contribution is -2.20. The number of hydrogen-bond acceptors (Lipinski definition) is 3. The maximum absolute atomic E-state index is 12.4. The smallest absolute Gasteiger partial charge is 0.225 e. The molecule has 0 saturated carbocycles. The van der Waals surface area contributed by atoms with E-state index in [0.29, 0.717) is 24.5 Å². The Morgan fingerprint density at radius 3 is 2.86 bits per heavy atom. The zero-order chi connectivity index (χ0) is 15.4. The highest BCUT2D eigenvalue weighted by atomic mass is 16.5. The minimum atomic E-state index is -0.00815. The maximum Gasteiger partial charge on any atom is 0.225 e. The van der Waals surface area contributed by atoms with E-state index in [2.05, 4.69) is 5.32 Å². The van der Waals surface area contributed by atoms with Gasteiger partial charge in [0.15, 0.2) is 0 Å². The van der Waals surface area contributed by atoms with Gasteiger partial charge in [-0.2, -0.15) is 0 Å². The van der Waals surface area contributed by atoms with Crippen LogP contribution in [-0.2, 0) is 4.79 Å². The van der Waals surface area contributed by atoms with Gasteiger partial charge in [-0.3, -0.25) is 4.79 Å². The second-order valence-electron chi connectivity index (χ2n) is 5.32. The molecule has 2 aromatic rings. The summed E-state index contributed by atoms with van der Waals surface area (Å²) in [6.45, 7) is 0.656. The normalized spacial score (nSPS) is 16.3. The van der Waals surface area contributed by atoms with Crippen LogP contribution in [0.25, 0.3) is 0 Å². The van der Waals surface area contributed by atoms with Crippen molar-refractivity contribution in [1.29, 1.82) is 0 Å². The predicted molar refractivity (Wildman–Crippen MR) is 85.5 cm³/mol. The van der Waals surface area contributed by atoms with Crippen molar-refractivity contribution in [3.8, 4) is 11.5 Å². The number of ether oxygens (including phenoxy) is 2. The summed E-state index contributed by atoms with van der Waals surface area (Å²) in [5.41, 5.74) is 1.82. The van der Waals surface area contributed by atoms with Crippen LogP contribution in [0.4, 0.5) is 5.69 Å². The molecule has 3 rings (SSSR count). The summed E-state index contributed by atoms with van der Waals surface area (Å²) in [6, 6.07) is 15.4. The molecular formula is C18H19NO3. The zero-order valence-corrected chi connectivity index (χ0v) is 12.5. The summed E-state index contributed by atoms with van der Waals surface area (Å²) in [7, 11) is 1.60. The first-order valence-corrected chi connectivity index (χ1v) is 7.42. The van der Waals surface area contributed by atoms with E-state index in [4.69, 9.17) is 9.47 Å². The molecule has 0 bridgehead atoms. The Hall–Kier alpha value is -2.49. The number of anilines is 1. The molecule has 0 saturated heterocycles. The highest BCUT2D eigenvalue weighted by molar-refractivity contribution is 5.92. The van der Waals surface area contributed by atoms with Crippen LogP contribution in [0.2, 0.25) is 0 Å². The third kappa shape index (κ3) is 3.06. The monoisotopic (exact) mass is 297 g/mol. The fourth-order valence-electron chi connectivity index (χ4n) is 2.80. The number of carbonyl (C=O) groups is 1. The van der Waals surface area contributed by atoms with Gasteiger partial charge < -0.3 is 14.8 Å². The number of methoxy groups -OCH3 is 1. The molecule has 22 heavy (non-hydrogen) atoms. The minimum Gasteiger partial charge on any atom is -0.495 e. The van der Waals surface area contributed by atoms with E-state index in [1.807, 2.05) is 48.5 Å². The van der Waals surface area contributed by atoms with Gasteiger partial charge in [0, 0.05) is 6.42 Å². The Balaban J connectivity index is 1.70. The molecule has 0 aliphatic carbocycles. The molecule has 1 atom stereocenters. The molecule has 4 heteroatoms. The largest absolute Gasteiger partial charge is 0.495 e. The summed E-state index contributed by atoms with van der Waals surface area (Å²) < 4.78 is 10.9. The molecule has 0 fully saturated rings. The number of hydrogen-bond donors (Lipinski definition) is 1. The third-order valence-electron chi connectivity index (χ3n) is 3.90. The Morgan fingerprint density at radius 1 is 1.23 bits per heavy atom. The minimum absolute atomic E-state index is 0.00815. The SMILES string of the molecule is COc1ccccc1NC(=O)CC1CCOc2ccccc21. The molecule has 1 heterocycles. The van der Waals surface area contributed by atoms with Gasteiger partial charge in [0.2, 0.25) is 5.91 Å². The summed E-state index contributed by atoms with van der Waals surface area (Å²) in [6.07, 6.45) is 1.30. The number of amides is 1. The zero-order valence-electron chi connectivity index (χ0n) is 12.5. The van der Waals surface area contributed by atoms with Crippen molar-refractivity contribution in [2.45, 2.75) is 18.8 Å². The molecule has 4 nitrogen and oxygen atoms in total. The first-order valence-electron chi connectivity index (χ1n) is 7.42. The van der Waals surface area contributed by atoms with Gasteiger partial charge >= 0.3 is 0 Å². The third-order valence-corrected chi connectivity index (χ3v) is 3.90. The van der Waals surface area contributed by atoms with E-state index in [-0.39, 0.29) is 11.8 Å². The lowest BCUT2D eigenvalue weighted by Gasteiger charge is -2.25. The first kappa shape index (κ1) is 14.4. The molecular weight excluding hydrogens is 278 g/mol. The van der Waals surface area contributed by atoms with Crippen LogP contribution in [0.5, 0.6) is 11.5 Å². The topological polar surface area (TPSA) is 47.6 Å². The standard InChI is InChI=1S/C18H19NO3/c1-21-17-9-5-3-7-15(17)19-18(20)12-13-10-11-22-16-8-4-2-6-14(13)16/h2-9,13H,10-12H2,1H3,(H,19,20). The maximum atomic E-state index is 12.4. The fourth-order valence-corrected chi connectivity index (χ4v) is 2.80. The summed E-state index contributed by atoms with van der Waals surface area (Å²) in [4.78, 5) is 12.4. The van der Waals surface area contributed by atoms with Gasteiger partial charge in [-0.15, -0.1) is 0 Å². The first-order chi connectivity index (χ1) is 10.8. The van der Waals surface area contributed by atoms with E-state index >= 15 is 0 Å². The predicted octanol–water partition coefficient (Wildman–Crippen LogP) is 3.59. The van der Waals surface area contributed by atoms with Crippen LogP contribution in [0.15, 0.2) is 48.5 Å². The van der Waals surface area contributed by atoms with E-state index in [0.717, 1.165) is 17.7 Å². The van der Waals surface area contributed by atoms with Gasteiger partial charge in [0.1, 0.15) is 11.5 Å². The van der Waals surface area contributed by atoms with Crippen molar-refractivity contribution >= 4 is 11.6 Å². The van der Waals surface area contributed by atoms with Crippen molar-refractivity contribution in [1.82, 2.24) is 0 Å². The molecule has 1 N–H and O–H groups in total. The van der Waals surface area contributed by atoms with Crippen molar-refractivity contribution in [2.24, 2.45) is 0 Å². The van der Waals surface area contributed by atoms with Gasteiger partial charge in [0.25, 0.3) is 0 Å². The molecule has 2 aromatic carbocycles. The van der Waals surface area contributed by atoms with Gasteiger partial charge in [0.05, 0.1) is 19.4 Å². The van der Waals surface area contributed by atoms with Gasteiger partial charge in [-0.25, -0.2) is 0 Å². The lowest BCUT2D eigenvalue weighted by atomic mass is 9.90. The van der Waals surface area contributed by atoms with Crippen LogP contribution < -0.4 is 14.8 Å². The fraction of sp³-hybridized carbons (Fsp3) is 0.278. The van der Waals surface area contributed by atoms with E-state index in [1.54, 1.807) is 7.11 Å². The number of fused-ring (bicyclic) bond motifs is 1. The Labute approximate surface area is 130 Å². The summed E-state index contributed by atoms with van der Waals surface area (Å²) in [5.74, 6) is 1.75. The molecule has 114 valence electrons. The van der Waals surface area contributed by atoms with E-state index < -0.39 is 0 Å². The average molecular weight is 297 g/mol. The highest BCUT2D eigenvalue weighted by Crippen LogP contribution is 2.35. The second kappa shape index (κ2) is 6.52. The Morgan fingerprint density at radius 2 is 2.00 bits per heavy atom. The van der Waals surface area contributed by atoms with E-state index in [1.165, 1.54) is 0 Å². The number of nitrogens with one attached hydrogen (secondary N) is 1. The number of rotatable bonds is 4. The molecule has 1 amide bonds. The van der Waals surface area contributed by atoms with Crippen molar-refractivity contribution in [2.75, 3.05) is 19.0 Å². The van der Waals surface area contributed by atoms with Gasteiger partial charge in [-0.1, -0.05) is 30.3 Å². The van der Waals surface area contributed by atoms with Crippen LogP contribution in [0.1, 0.15) is 24.3 Å². The number of carbonyl (C=O) groups excluding carboxylic acids is 1. The van der Waals surface area contributed by atoms with Crippen molar-refractivity contribution in [3.63, 3.8) is 0 Å². The second-order valence-corrected chi connectivity index (χ2v) is 5.32. The summed E-state index contributed by atoms with van der Waals surface area (Å²) in [5, 5.41) is 2.93. The van der Waals surface area contributed by atoms with Crippen LogP contribution >= 0.6 is 0 Å². The molecule has 1 unspecified atom stereocenters. The molecule has 0 aromatic heterocycles. The van der Waals surface area contributed by atoms with E-state index in [9.17, 15) is 4.79 Å². The molecule has 1 aliphatic rings. The number of para-hydroxylation sites is 3. The van der Waals surface area contributed by atoms with Crippen LogP contribution in [0.3, 0.4) is 0 Å². The van der Waals surface area contributed by atoms with Crippen molar-refractivity contribution in [3.05, 3.63) is 54.1 Å². The Bertz CT molecular complexity index is 669. The van der Waals surface area contributed by atoms with Crippen molar-refractivity contribution < 1.29 is 14.3 Å². The highest BCUT2D eigenvalue weighted by Gasteiger charge is 2.23. The average Bonchev–Trinajstić information content (AvgIpc) is 2.55. The lowest BCUT2D eigenvalue weighted by molar-refractivity contribution is -0.116.